The first-order valence-electron chi connectivity index (χ1n) is 8.94. The van der Waals surface area contributed by atoms with Crippen LogP contribution in [0.15, 0.2) is 60.7 Å². The third-order valence-corrected chi connectivity index (χ3v) is 4.17. The summed E-state index contributed by atoms with van der Waals surface area (Å²) >= 11 is 0. The van der Waals surface area contributed by atoms with Crippen LogP contribution in [0.4, 0.5) is 0 Å². The molecular weight excluding hydrogens is 314 g/mol. The number of aliphatic hydroxyl groups is 2. The first-order valence-corrected chi connectivity index (χ1v) is 8.94. The normalized spacial score (nSPS) is 13.8. The number of rotatable bonds is 11. The second kappa shape index (κ2) is 11.0. The zero-order chi connectivity index (χ0) is 17.9. The van der Waals surface area contributed by atoms with Crippen molar-refractivity contribution in [2.75, 3.05) is 26.3 Å². The second-order valence-electron chi connectivity index (χ2n) is 6.24. The highest BCUT2D eigenvalue weighted by Crippen LogP contribution is 2.20. The predicted octanol–water partition coefficient (Wildman–Crippen LogP) is 3.01. The van der Waals surface area contributed by atoms with Gasteiger partial charge in [0.2, 0.25) is 0 Å². The smallest absolute Gasteiger partial charge is 0.0900 e. The van der Waals surface area contributed by atoms with E-state index >= 15 is 0 Å². The van der Waals surface area contributed by atoms with Crippen molar-refractivity contribution in [2.24, 2.45) is 0 Å². The Balaban J connectivity index is 1.84. The van der Waals surface area contributed by atoms with Gasteiger partial charge in [-0.05, 0) is 17.5 Å². The van der Waals surface area contributed by atoms with Gasteiger partial charge in [-0.25, -0.2) is 0 Å². The van der Waals surface area contributed by atoms with Gasteiger partial charge in [0.1, 0.15) is 0 Å². The molecule has 0 bridgehead atoms. The van der Waals surface area contributed by atoms with Gasteiger partial charge in [-0.2, -0.15) is 0 Å². The first kappa shape index (κ1) is 19.6. The average molecular weight is 343 g/mol. The minimum Gasteiger partial charge on any atom is -0.395 e. The third-order valence-electron chi connectivity index (χ3n) is 4.17. The molecule has 2 aromatic rings. The minimum atomic E-state index is -0.590. The lowest BCUT2D eigenvalue weighted by Crippen LogP contribution is -2.36. The number of benzene rings is 2. The Morgan fingerprint density at radius 2 is 1.64 bits per heavy atom. The molecule has 0 aliphatic rings. The zero-order valence-electron chi connectivity index (χ0n) is 14.9. The Labute approximate surface area is 150 Å². The molecule has 2 unspecified atom stereocenters. The Kier molecular flexibility index (Phi) is 8.63. The van der Waals surface area contributed by atoms with Gasteiger partial charge in [0.25, 0.3) is 0 Å². The SMILES string of the molecule is CCC(OCC(O)CN(CCO)Cc1ccccc1)c1ccccc1. The van der Waals surface area contributed by atoms with Crippen LogP contribution in [0.1, 0.15) is 30.6 Å². The molecule has 2 N–H and O–H groups in total. The molecule has 0 aliphatic heterocycles. The molecule has 0 aromatic heterocycles. The Morgan fingerprint density at radius 3 is 2.24 bits per heavy atom. The van der Waals surface area contributed by atoms with Crippen molar-refractivity contribution in [2.45, 2.75) is 32.1 Å². The maximum absolute atomic E-state index is 10.4. The summed E-state index contributed by atoms with van der Waals surface area (Å²) in [5, 5.41) is 19.6. The van der Waals surface area contributed by atoms with Gasteiger partial charge in [0.15, 0.2) is 0 Å². The summed E-state index contributed by atoms with van der Waals surface area (Å²) in [6.07, 6.45) is 0.269. The Bertz CT molecular complexity index is 576. The van der Waals surface area contributed by atoms with Crippen LogP contribution in [0.3, 0.4) is 0 Å². The number of hydrogen-bond acceptors (Lipinski definition) is 4. The molecule has 0 radical (unpaired) electrons. The Morgan fingerprint density at radius 1 is 1.00 bits per heavy atom. The summed E-state index contributed by atoms with van der Waals surface area (Å²) in [5.74, 6) is 0. The van der Waals surface area contributed by atoms with E-state index in [1.54, 1.807) is 0 Å². The van der Waals surface area contributed by atoms with Crippen molar-refractivity contribution in [1.82, 2.24) is 4.90 Å². The molecular formula is C21H29NO3. The Hall–Kier alpha value is -1.72. The van der Waals surface area contributed by atoms with E-state index in [0.29, 0.717) is 19.6 Å². The van der Waals surface area contributed by atoms with E-state index in [2.05, 4.69) is 19.1 Å². The van der Waals surface area contributed by atoms with Crippen LogP contribution >= 0.6 is 0 Å². The molecule has 0 saturated heterocycles. The first-order chi connectivity index (χ1) is 12.2. The van der Waals surface area contributed by atoms with Crippen LogP contribution in [-0.4, -0.2) is 47.5 Å². The molecule has 2 atom stereocenters. The quantitative estimate of drug-likeness (QED) is 0.658. The number of nitrogens with zero attached hydrogens (tertiary/aromatic N) is 1. The van der Waals surface area contributed by atoms with Crippen LogP contribution in [0.25, 0.3) is 0 Å². The van der Waals surface area contributed by atoms with Gasteiger partial charge in [-0.3, -0.25) is 4.90 Å². The molecule has 4 heteroatoms. The second-order valence-corrected chi connectivity index (χ2v) is 6.24. The fourth-order valence-electron chi connectivity index (χ4n) is 2.91. The van der Waals surface area contributed by atoms with Crippen LogP contribution in [0.5, 0.6) is 0 Å². The fraction of sp³-hybridized carbons (Fsp3) is 0.429. The largest absolute Gasteiger partial charge is 0.395 e. The predicted molar refractivity (Wildman–Crippen MR) is 100 cm³/mol. The van der Waals surface area contributed by atoms with Crippen molar-refractivity contribution in [3.63, 3.8) is 0 Å². The average Bonchev–Trinajstić information content (AvgIpc) is 2.64. The van der Waals surface area contributed by atoms with E-state index in [4.69, 9.17) is 4.74 Å². The van der Waals surface area contributed by atoms with E-state index in [1.807, 2.05) is 53.4 Å². The summed E-state index contributed by atoms with van der Waals surface area (Å²) in [6.45, 7) is 4.14. The minimum absolute atomic E-state index is 0.00346. The molecule has 2 rings (SSSR count). The molecule has 0 aliphatic carbocycles. The summed E-state index contributed by atoms with van der Waals surface area (Å²) in [5.41, 5.74) is 2.30. The lowest BCUT2D eigenvalue weighted by molar-refractivity contribution is -0.0257. The van der Waals surface area contributed by atoms with Crippen molar-refractivity contribution >= 4 is 0 Å². The molecule has 136 valence electrons. The van der Waals surface area contributed by atoms with E-state index in [-0.39, 0.29) is 19.3 Å². The van der Waals surface area contributed by atoms with E-state index in [0.717, 1.165) is 12.0 Å². The monoisotopic (exact) mass is 343 g/mol. The summed E-state index contributed by atoms with van der Waals surface area (Å²) < 4.78 is 5.93. The highest BCUT2D eigenvalue weighted by molar-refractivity contribution is 5.17. The highest BCUT2D eigenvalue weighted by atomic mass is 16.5. The molecule has 0 saturated carbocycles. The fourth-order valence-corrected chi connectivity index (χ4v) is 2.91. The number of aliphatic hydroxyl groups excluding tert-OH is 2. The van der Waals surface area contributed by atoms with E-state index in [9.17, 15) is 10.2 Å². The van der Waals surface area contributed by atoms with E-state index < -0.39 is 6.10 Å². The third kappa shape index (κ3) is 6.96. The number of hydrogen-bond donors (Lipinski definition) is 2. The van der Waals surface area contributed by atoms with Crippen molar-refractivity contribution in [1.29, 1.82) is 0 Å². The van der Waals surface area contributed by atoms with Crippen molar-refractivity contribution < 1.29 is 14.9 Å². The zero-order valence-corrected chi connectivity index (χ0v) is 14.9. The lowest BCUT2D eigenvalue weighted by Gasteiger charge is -2.25. The molecule has 0 amide bonds. The van der Waals surface area contributed by atoms with Gasteiger partial charge in [0, 0.05) is 19.6 Å². The number of ether oxygens (including phenoxy) is 1. The highest BCUT2D eigenvalue weighted by Gasteiger charge is 2.15. The van der Waals surface area contributed by atoms with Crippen molar-refractivity contribution in [3.8, 4) is 0 Å². The summed E-state index contributed by atoms with van der Waals surface area (Å²) in [6, 6.07) is 20.2. The van der Waals surface area contributed by atoms with Crippen LogP contribution in [0.2, 0.25) is 0 Å². The topological polar surface area (TPSA) is 52.9 Å². The van der Waals surface area contributed by atoms with Crippen LogP contribution in [-0.2, 0) is 11.3 Å². The van der Waals surface area contributed by atoms with Gasteiger partial charge >= 0.3 is 0 Å². The van der Waals surface area contributed by atoms with Gasteiger partial charge < -0.3 is 14.9 Å². The summed E-state index contributed by atoms with van der Waals surface area (Å²) in [7, 11) is 0. The molecule has 0 heterocycles. The van der Waals surface area contributed by atoms with Gasteiger partial charge in [0.05, 0.1) is 25.4 Å². The molecule has 0 fully saturated rings. The van der Waals surface area contributed by atoms with Gasteiger partial charge in [-0.1, -0.05) is 67.6 Å². The molecule has 25 heavy (non-hydrogen) atoms. The van der Waals surface area contributed by atoms with E-state index in [1.165, 1.54) is 5.56 Å². The maximum atomic E-state index is 10.4. The molecule has 2 aromatic carbocycles. The van der Waals surface area contributed by atoms with Crippen molar-refractivity contribution in [3.05, 3.63) is 71.8 Å². The summed E-state index contributed by atoms with van der Waals surface area (Å²) in [4.78, 5) is 2.05. The lowest BCUT2D eigenvalue weighted by atomic mass is 10.1. The van der Waals surface area contributed by atoms with Gasteiger partial charge in [-0.15, -0.1) is 0 Å². The molecule has 0 spiro atoms. The van der Waals surface area contributed by atoms with Crippen LogP contribution < -0.4 is 0 Å². The molecule has 4 nitrogen and oxygen atoms in total. The van der Waals surface area contributed by atoms with Crippen LogP contribution in [0, 0.1) is 0 Å². The standard InChI is InChI=1S/C21H29NO3/c1-2-21(19-11-7-4-8-12-19)25-17-20(24)16-22(13-14-23)15-18-9-5-3-6-10-18/h3-12,20-21,23-24H,2,13-17H2,1H3. The maximum Gasteiger partial charge on any atom is 0.0900 e.